The molecule has 1 aromatic rings. The van der Waals surface area contributed by atoms with Crippen LogP contribution in [0, 0.1) is 18.3 Å². The van der Waals surface area contributed by atoms with Gasteiger partial charge in [0.05, 0.1) is 6.10 Å². The van der Waals surface area contributed by atoms with E-state index < -0.39 is 6.10 Å². The predicted molar refractivity (Wildman–Crippen MR) is 68.2 cm³/mol. The zero-order chi connectivity index (χ0) is 13.9. The van der Waals surface area contributed by atoms with Crippen molar-refractivity contribution in [2.45, 2.75) is 40.7 Å². The summed E-state index contributed by atoms with van der Waals surface area (Å²) in [7, 11) is 0. The number of oxazole rings is 1. The van der Waals surface area contributed by atoms with Gasteiger partial charge in [-0.25, -0.2) is 4.98 Å². The molecule has 1 rings (SSSR count). The molecule has 0 aliphatic carbocycles. The first-order valence-corrected chi connectivity index (χ1v) is 6.12. The van der Waals surface area contributed by atoms with Crippen molar-refractivity contribution in [1.82, 2.24) is 10.3 Å². The average Bonchev–Trinajstić information content (AvgIpc) is 2.71. The van der Waals surface area contributed by atoms with Gasteiger partial charge in [-0.15, -0.1) is 0 Å². The molecule has 1 atom stereocenters. The summed E-state index contributed by atoms with van der Waals surface area (Å²) in [6, 6.07) is 0. The Labute approximate surface area is 108 Å². The Morgan fingerprint density at radius 1 is 1.56 bits per heavy atom. The Hall–Kier alpha value is -1.36. The Morgan fingerprint density at radius 2 is 2.17 bits per heavy atom. The summed E-state index contributed by atoms with van der Waals surface area (Å²) in [5.41, 5.74) is -0.0913. The number of nitrogens with zero attached hydrogens (tertiary/aromatic N) is 1. The van der Waals surface area contributed by atoms with Crippen molar-refractivity contribution in [3.05, 3.63) is 17.8 Å². The third-order valence-corrected chi connectivity index (χ3v) is 3.10. The van der Waals surface area contributed by atoms with Crippen LogP contribution in [0.1, 0.15) is 43.9 Å². The Kier molecular flexibility index (Phi) is 4.51. The SMILES string of the molecule is Cc1ocnc1C(=O)NCC(C)(C)C(O)C(C)C. The summed E-state index contributed by atoms with van der Waals surface area (Å²) in [4.78, 5) is 15.7. The van der Waals surface area contributed by atoms with Gasteiger partial charge in [0, 0.05) is 12.0 Å². The number of hydrogen-bond donors (Lipinski definition) is 2. The van der Waals surface area contributed by atoms with Crippen LogP contribution in [0.5, 0.6) is 0 Å². The number of amides is 1. The van der Waals surface area contributed by atoms with Crippen molar-refractivity contribution in [3.8, 4) is 0 Å². The molecule has 0 aliphatic heterocycles. The van der Waals surface area contributed by atoms with Gasteiger partial charge in [0.25, 0.3) is 5.91 Å². The fraction of sp³-hybridized carbons (Fsp3) is 0.692. The zero-order valence-corrected chi connectivity index (χ0v) is 11.7. The van der Waals surface area contributed by atoms with E-state index in [4.69, 9.17) is 4.42 Å². The number of aromatic nitrogens is 1. The standard InChI is InChI=1S/C13H22N2O3/c1-8(2)11(16)13(4,5)6-14-12(17)10-9(3)18-7-15-10/h7-8,11,16H,6H2,1-5H3,(H,14,17). The smallest absolute Gasteiger partial charge is 0.273 e. The van der Waals surface area contributed by atoms with Crippen molar-refractivity contribution in [2.24, 2.45) is 11.3 Å². The molecule has 0 radical (unpaired) electrons. The number of nitrogens with one attached hydrogen (secondary N) is 1. The summed E-state index contributed by atoms with van der Waals surface area (Å²) in [6.07, 6.45) is 0.773. The third kappa shape index (κ3) is 3.32. The summed E-state index contributed by atoms with van der Waals surface area (Å²) in [5, 5.41) is 12.8. The summed E-state index contributed by atoms with van der Waals surface area (Å²) >= 11 is 0. The first-order chi connectivity index (χ1) is 8.25. The second-order valence-corrected chi connectivity index (χ2v) is 5.62. The van der Waals surface area contributed by atoms with Crippen LogP contribution in [-0.4, -0.2) is 28.6 Å². The van der Waals surface area contributed by atoms with Gasteiger partial charge in [-0.1, -0.05) is 27.7 Å². The van der Waals surface area contributed by atoms with Crippen LogP contribution >= 0.6 is 0 Å². The van der Waals surface area contributed by atoms with Crippen LogP contribution in [0.4, 0.5) is 0 Å². The fourth-order valence-corrected chi connectivity index (χ4v) is 1.92. The second-order valence-electron chi connectivity index (χ2n) is 5.62. The van der Waals surface area contributed by atoms with Crippen LogP contribution in [0.3, 0.4) is 0 Å². The largest absolute Gasteiger partial charge is 0.448 e. The van der Waals surface area contributed by atoms with E-state index in [0.29, 0.717) is 18.0 Å². The molecule has 0 aromatic carbocycles. The minimum Gasteiger partial charge on any atom is -0.448 e. The van der Waals surface area contributed by atoms with Crippen molar-refractivity contribution in [3.63, 3.8) is 0 Å². The number of aliphatic hydroxyl groups is 1. The van der Waals surface area contributed by atoms with Gasteiger partial charge in [-0.3, -0.25) is 4.79 Å². The molecule has 1 unspecified atom stereocenters. The molecule has 1 aromatic heterocycles. The van der Waals surface area contributed by atoms with E-state index in [9.17, 15) is 9.90 Å². The number of carbonyl (C=O) groups is 1. The first kappa shape index (κ1) is 14.7. The Bertz CT molecular complexity index is 410. The lowest BCUT2D eigenvalue weighted by atomic mass is 9.80. The predicted octanol–water partition coefficient (Wildman–Crippen LogP) is 1.76. The fourth-order valence-electron chi connectivity index (χ4n) is 1.92. The molecular weight excluding hydrogens is 232 g/mol. The van der Waals surface area contributed by atoms with E-state index in [1.165, 1.54) is 6.39 Å². The Balaban J connectivity index is 2.60. The molecule has 0 saturated heterocycles. The quantitative estimate of drug-likeness (QED) is 0.839. The minimum atomic E-state index is -0.476. The molecule has 1 amide bonds. The van der Waals surface area contributed by atoms with Gasteiger partial charge in [0.1, 0.15) is 5.76 Å². The zero-order valence-electron chi connectivity index (χ0n) is 11.7. The lowest BCUT2D eigenvalue weighted by molar-refractivity contribution is 0.0138. The third-order valence-electron chi connectivity index (χ3n) is 3.10. The van der Waals surface area contributed by atoms with Crippen molar-refractivity contribution >= 4 is 5.91 Å². The molecule has 1 heterocycles. The van der Waals surface area contributed by atoms with Gasteiger partial charge in [0.2, 0.25) is 0 Å². The van der Waals surface area contributed by atoms with Crippen LogP contribution in [0.25, 0.3) is 0 Å². The van der Waals surface area contributed by atoms with Gasteiger partial charge in [0.15, 0.2) is 12.1 Å². The molecular formula is C13H22N2O3. The number of aliphatic hydroxyl groups excluding tert-OH is 1. The molecule has 0 bridgehead atoms. The molecule has 0 fully saturated rings. The first-order valence-electron chi connectivity index (χ1n) is 6.12. The molecule has 0 spiro atoms. The average molecular weight is 254 g/mol. The topological polar surface area (TPSA) is 75.4 Å². The Morgan fingerprint density at radius 3 is 2.61 bits per heavy atom. The lowest BCUT2D eigenvalue weighted by Crippen LogP contribution is -2.43. The maximum Gasteiger partial charge on any atom is 0.273 e. The maximum absolute atomic E-state index is 11.9. The van der Waals surface area contributed by atoms with Gasteiger partial charge in [-0.2, -0.15) is 0 Å². The van der Waals surface area contributed by atoms with Crippen molar-refractivity contribution < 1.29 is 14.3 Å². The van der Waals surface area contributed by atoms with Crippen molar-refractivity contribution in [1.29, 1.82) is 0 Å². The number of aryl methyl sites for hydroxylation is 1. The summed E-state index contributed by atoms with van der Waals surface area (Å²) in [5.74, 6) is 0.366. The highest BCUT2D eigenvalue weighted by Crippen LogP contribution is 2.25. The molecule has 5 nitrogen and oxygen atoms in total. The van der Waals surface area contributed by atoms with Gasteiger partial charge in [-0.05, 0) is 12.8 Å². The molecule has 18 heavy (non-hydrogen) atoms. The number of rotatable bonds is 5. The van der Waals surface area contributed by atoms with Crippen LogP contribution in [0.15, 0.2) is 10.8 Å². The highest BCUT2D eigenvalue weighted by atomic mass is 16.3. The minimum absolute atomic E-state index is 0.144. The highest BCUT2D eigenvalue weighted by molar-refractivity contribution is 5.93. The van der Waals surface area contributed by atoms with Crippen LogP contribution in [0.2, 0.25) is 0 Å². The molecule has 2 N–H and O–H groups in total. The molecule has 0 aliphatic rings. The van der Waals surface area contributed by atoms with E-state index in [1.54, 1.807) is 6.92 Å². The van der Waals surface area contributed by atoms with Crippen LogP contribution < -0.4 is 5.32 Å². The normalized spacial score (nSPS) is 13.7. The van der Waals surface area contributed by atoms with E-state index in [1.807, 2.05) is 27.7 Å². The van der Waals surface area contributed by atoms with E-state index in [-0.39, 0.29) is 17.2 Å². The summed E-state index contributed by atoms with van der Waals surface area (Å²) < 4.78 is 4.98. The molecule has 0 saturated carbocycles. The van der Waals surface area contributed by atoms with E-state index in [2.05, 4.69) is 10.3 Å². The highest BCUT2D eigenvalue weighted by Gasteiger charge is 2.31. The second kappa shape index (κ2) is 5.52. The lowest BCUT2D eigenvalue weighted by Gasteiger charge is -2.33. The number of carbonyl (C=O) groups excluding carboxylic acids is 1. The van der Waals surface area contributed by atoms with Gasteiger partial charge >= 0.3 is 0 Å². The maximum atomic E-state index is 11.9. The van der Waals surface area contributed by atoms with Crippen LogP contribution in [-0.2, 0) is 0 Å². The molecule has 5 heteroatoms. The van der Waals surface area contributed by atoms with E-state index in [0.717, 1.165) is 0 Å². The van der Waals surface area contributed by atoms with E-state index >= 15 is 0 Å². The van der Waals surface area contributed by atoms with Gasteiger partial charge < -0.3 is 14.8 Å². The number of hydrogen-bond acceptors (Lipinski definition) is 4. The summed E-state index contributed by atoms with van der Waals surface area (Å²) in [6.45, 7) is 9.83. The van der Waals surface area contributed by atoms with Crippen molar-refractivity contribution in [2.75, 3.05) is 6.54 Å². The molecule has 102 valence electrons. The monoisotopic (exact) mass is 254 g/mol.